The number of halogens is 1. The summed E-state index contributed by atoms with van der Waals surface area (Å²) in [5.41, 5.74) is 7.63. The lowest BCUT2D eigenvalue weighted by Crippen LogP contribution is -2.32. The molecule has 0 aromatic heterocycles. The maximum Gasteiger partial charge on any atom is 0.0440 e. The zero-order valence-electron chi connectivity index (χ0n) is 10.7. The largest absolute Gasteiger partial charge is 0.330 e. The Morgan fingerprint density at radius 1 is 1.35 bits per heavy atom. The summed E-state index contributed by atoms with van der Waals surface area (Å²) < 4.78 is 0. The normalized spacial score (nSPS) is 28.0. The molecule has 2 rings (SSSR count). The monoisotopic (exact) mass is 251 g/mol. The number of rotatable bonds is 2. The number of benzene rings is 1. The summed E-state index contributed by atoms with van der Waals surface area (Å²) >= 11 is 6.33. The van der Waals surface area contributed by atoms with Gasteiger partial charge < -0.3 is 5.73 Å². The fourth-order valence-electron chi connectivity index (χ4n) is 3.06. The molecule has 0 saturated heterocycles. The third-order valence-electron chi connectivity index (χ3n) is 4.14. The van der Waals surface area contributed by atoms with Gasteiger partial charge in [0.05, 0.1) is 0 Å². The second kappa shape index (κ2) is 4.99. The molecular weight excluding hydrogens is 230 g/mol. The molecule has 2 N–H and O–H groups in total. The van der Waals surface area contributed by atoms with E-state index in [9.17, 15) is 0 Å². The second-order valence-electron chi connectivity index (χ2n) is 6.03. The zero-order valence-corrected chi connectivity index (χ0v) is 11.5. The van der Waals surface area contributed by atoms with Crippen LogP contribution in [0, 0.1) is 11.3 Å². The Labute approximate surface area is 109 Å². The highest BCUT2D eigenvalue weighted by atomic mass is 35.5. The molecule has 1 fully saturated rings. The van der Waals surface area contributed by atoms with Crippen LogP contribution in [0.3, 0.4) is 0 Å². The smallest absolute Gasteiger partial charge is 0.0440 e. The quantitative estimate of drug-likeness (QED) is 0.837. The standard InChI is InChI=1S/C15H22ClN/c1-15(2)8-7-11(10-17)13(9-15)12-5-3-4-6-14(12)16/h3-6,11,13H,7-10,17H2,1-2H3. The van der Waals surface area contributed by atoms with Crippen LogP contribution in [0.4, 0.5) is 0 Å². The highest BCUT2D eigenvalue weighted by molar-refractivity contribution is 6.31. The van der Waals surface area contributed by atoms with Crippen molar-refractivity contribution < 1.29 is 0 Å². The van der Waals surface area contributed by atoms with Gasteiger partial charge in [-0.15, -0.1) is 0 Å². The van der Waals surface area contributed by atoms with Crippen molar-refractivity contribution in [2.75, 3.05) is 6.54 Å². The number of nitrogens with two attached hydrogens (primary N) is 1. The highest BCUT2D eigenvalue weighted by Crippen LogP contribution is 2.47. The molecule has 1 aliphatic rings. The van der Waals surface area contributed by atoms with Crippen LogP contribution in [-0.4, -0.2) is 6.54 Å². The van der Waals surface area contributed by atoms with Crippen LogP contribution in [0.5, 0.6) is 0 Å². The minimum absolute atomic E-state index is 0.412. The summed E-state index contributed by atoms with van der Waals surface area (Å²) in [5, 5.41) is 0.897. The summed E-state index contributed by atoms with van der Waals surface area (Å²) in [5.74, 6) is 1.11. The van der Waals surface area contributed by atoms with Crippen molar-refractivity contribution in [2.24, 2.45) is 17.1 Å². The van der Waals surface area contributed by atoms with Gasteiger partial charge in [0.2, 0.25) is 0 Å². The molecule has 2 unspecified atom stereocenters. The van der Waals surface area contributed by atoms with Gasteiger partial charge in [0.15, 0.2) is 0 Å². The molecule has 0 amide bonds. The predicted molar refractivity (Wildman–Crippen MR) is 74.4 cm³/mol. The minimum Gasteiger partial charge on any atom is -0.330 e. The van der Waals surface area contributed by atoms with Gasteiger partial charge in [0.1, 0.15) is 0 Å². The van der Waals surface area contributed by atoms with E-state index >= 15 is 0 Å². The van der Waals surface area contributed by atoms with Gasteiger partial charge in [0, 0.05) is 5.02 Å². The van der Waals surface area contributed by atoms with E-state index in [0.29, 0.717) is 17.3 Å². The minimum atomic E-state index is 0.412. The van der Waals surface area contributed by atoms with Crippen molar-refractivity contribution in [2.45, 2.75) is 39.0 Å². The van der Waals surface area contributed by atoms with Gasteiger partial charge in [-0.05, 0) is 54.7 Å². The van der Waals surface area contributed by atoms with E-state index in [1.54, 1.807) is 0 Å². The Balaban J connectivity index is 2.30. The predicted octanol–water partition coefficient (Wildman–Crippen LogP) is 4.21. The molecule has 94 valence electrons. The fourth-order valence-corrected chi connectivity index (χ4v) is 3.34. The molecule has 2 atom stereocenters. The van der Waals surface area contributed by atoms with Crippen LogP contribution in [0.2, 0.25) is 5.02 Å². The van der Waals surface area contributed by atoms with E-state index in [1.807, 2.05) is 12.1 Å². The second-order valence-corrected chi connectivity index (χ2v) is 6.44. The van der Waals surface area contributed by atoms with E-state index in [0.717, 1.165) is 11.6 Å². The van der Waals surface area contributed by atoms with Gasteiger partial charge in [-0.25, -0.2) is 0 Å². The third kappa shape index (κ3) is 2.83. The average molecular weight is 252 g/mol. The van der Waals surface area contributed by atoms with Gasteiger partial charge in [0.25, 0.3) is 0 Å². The van der Waals surface area contributed by atoms with E-state index < -0.39 is 0 Å². The molecule has 0 aliphatic heterocycles. The van der Waals surface area contributed by atoms with Crippen LogP contribution >= 0.6 is 11.6 Å². The summed E-state index contributed by atoms with van der Waals surface area (Å²) in [4.78, 5) is 0. The topological polar surface area (TPSA) is 26.0 Å². The Bertz CT molecular complexity index is 386. The first kappa shape index (κ1) is 12.9. The van der Waals surface area contributed by atoms with Gasteiger partial charge in [-0.2, -0.15) is 0 Å². The average Bonchev–Trinajstić information content (AvgIpc) is 2.28. The molecule has 1 nitrogen and oxygen atoms in total. The summed E-state index contributed by atoms with van der Waals surface area (Å²) in [6.07, 6.45) is 3.69. The third-order valence-corrected chi connectivity index (χ3v) is 4.49. The first-order chi connectivity index (χ1) is 8.03. The fraction of sp³-hybridized carbons (Fsp3) is 0.600. The van der Waals surface area contributed by atoms with E-state index in [4.69, 9.17) is 17.3 Å². The Morgan fingerprint density at radius 3 is 2.71 bits per heavy atom. The number of hydrogen-bond donors (Lipinski definition) is 1. The van der Waals surface area contributed by atoms with Crippen molar-refractivity contribution in [1.82, 2.24) is 0 Å². The zero-order chi connectivity index (χ0) is 12.5. The molecular formula is C15H22ClN. The maximum atomic E-state index is 6.33. The van der Waals surface area contributed by atoms with Gasteiger partial charge in [-0.1, -0.05) is 43.6 Å². The van der Waals surface area contributed by atoms with Crippen molar-refractivity contribution >= 4 is 11.6 Å². The molecule has 0 bridgehead atoms. The Morgan fingerprint density at radius 2 is 2.06 bits per heavy atom. The van der Waals surface area contributed by atoms with E-state index in [1.165, 1.54) is 24.8 Å². The van der Waals surface area contributed by atoms with Crippen LogP contribution < -0.4 is 5.73 Å². The Kier molecular flexibility index (Phi) is 3.79. The maximum absolute atomic E-state index is 6.33. The molecule has 0 spiro atoms. The lowest BCUT2D eigenvalue weighted by molar-refractivity contribution is 0.166. The Hall–Kier alpha value is -0.530. The number of hydrogen-bond acceptors (Lipinski definition) is 1. The van der Waals surface area contributed by atoms with E-state index in [2.05, 4.69) is 26.0 Å². The molecule has 1 aromatic rings. The molecule has 2 heteroatoms. The van der Waals surface area contributed by atoms with E-state index in [-0.39, 0.29) is 0 Å². The van der Waals surface area contributed by atoms with Crippen LogP contribution in [0.15, 0.2) is 24.3 Å². The first-order valence-electron chi connectivity index (χ1n) is 6.48. The van der Waals surface area contributed by atoms with Gasteiger partial charge >= 0.3 is 0 Å². The first-order valence-corrected chi connectivity index (χ1v) is 6.86. The lowest BCUT2D eigenvalue weighted by atomic mass is 9.65. The summed E-state index contributed by atoms with van der Waals surface area (Å²) in [6.45, 7) is 5.47. The van der Waals surface area contributed by atoms with Crippen molar-refractivity contribution in [3.05, 3.63) is 34.9 Å². The summed E-state index contributed by atoms with van der Waals surface area (Å²) in [6, 6.07) is 8.23. The molecule has 17 heavy (non-hydrogen) atoms. The molecule has 0 radical (unpaired) electrons. The summed E-state index contributed by atoms with van der Waals surface area (Å²) in [7, 11) is 0. The van der Waals surface area contributed by atoms with Crippen molar-refractivity contribution in [3.8, 4) is 0 Å². The molecule has 1 aliphatic carbocycles. The molecule has 1 aromatic carbocycles. The van der Waals surface area contributed by atoms with Gasteiger partial charge in [-0.3, -0.25) is 0 Å². The van der Waals surface area contributed by atoms with Crippen molar-refractivity contribution in [3.63, 3.8) is 0 Å². The molecule has 0 heterocycles. The van der Waals surface area contributed by atoms with Crippen LogP contribution in [-0.2, 0) is 0 Å². The highest BCUT2D eigenvalue weighted by Gasteiger charge is 2.35. The molecule has 1 saturated carbocycles. The van der Waals surface area contributed by atoms with Crippen molar-refractivity contribution in [1.29, 1.82) is 0 Å². The van der Waals surface area contributed by atoms with Crippen LogP contribution in [0.25, 0.3) is 0 Å². The SMILES string of the molecule is CC1(C)CCC(CN)C(c2ccccc2Cl)C1. The lowest BCUT2D eigenvalue weighted by Gasteiger charge is -2.41. The van der Waals surface area contributed by atoms with Crippen LogP contribution in [0.1, 0.15) is 44.6 Å².